The molecule has 0 aliphatic carbocycles. The third-order valence-electron chi connectivity index (χ3n) is 5.78. The maximum atomic E-state index is 12.8. The van der Waals surface area contributed by atoms with Gasteiger partial charge in [0.15, 0.2) is 0 Å². The average Bonchev–Trinajstić information content (AvgIpc) is 3.26. The number of likely N-dealkylation sites (tertiary alicyclic amines) is 1. The molecule has 5 heteroatoms. The summed E-state index contributed by atoms with van der Waals surface area (Å²) in [5, 5.41) is 3.15. The van der Waals surface area contributed by atoms with E-state index in [0.717, 1.165) is 44.6 Å². The fraction of sp³-hybridized carbons (Fsp3) is 0.360. The van der Waals surface area contributed by atoms with Gasteiger partial charge in [0.25, 0.3) is 0 Å². The van der Waals surface area contributed by atoms with Crippen LogP contribution in [0.25, 0.3) is 0 Å². The summed E-state index contributed by atoms with van der Waals surface area (Å²) in [6.45, 7) is 6.34. The lowest BCUT2D eigenvalue weighted by Gasteiger charge is -2.32. The first-order valence-electron chi connectivity index (χ1n) is 10.7. The van der Waals surface area contributed by atoms with Crippen LogP contribution in [0.5, 0.6) is 0 Å². The summed E-state index contributed by atoms with van der Waals surface area (Å²) in [5.74, 6) is 0.246. The normalized spacial score (nSPS) is 17.0. The smallest absolute Gasteiger partial charge is 0.224 e. The molecule has 1 aromatic heterocycles. The minimum absolute atomic E-state index is 0.0732. The highest BCUT2D eigenvalue weighted by Gasteiger charge is 2.25. The maximum Gasteiger partial charge on any atom is 0.224 e. The summed E-state index contributed by atoms with van der Waals surface area (Å²) >= 11 is 0. The van der Waals surface area contributed by atoms with Crippen molar-refractivity contribution in [2.75, 3.05) is 13.1 Å². The van der Waals surface area contributed by atoms with Gasteiger partial charge in [0.1, 0.15) is 0 Å². The number of amides is 1. The van der Waals surface area contributed by atoms with Crippen molar-refractivity contribution in [3.63, 3.8) is 0 Å². The Morgan fingerprint density at radius 1 is 1.10 bits per heavy atom. The molecule has 2 heterocycles. The minimum Gasteiger partial charge on any atom is -0.352 e. The molecule has 30 heavy (non-hydrogen) atoms. The van der Waals surface area contributed by atoms with Crippen molar-refractivity contribution >= 4 is 5.91 Å². The predicted molar refractivity (Wildman–Crippen MR) is 119 cm³/mol. The van der Waals surface area contributed by atoms with E-state index in [1.165, 1.54) is 16.7 Å². The van der Waals surface area contributed by atoms with Crippen LogP contribution in [-0.4, -0.2) is 33.4 Å². The first-order chi connectivity index (χ1) is 14.7. The van der Waals surface area contributed by atoms with Crippen LogP contribution in [0.2, 0.25) is 0 Å². The van der Waals surface area contributed by atoms with E-state index in [2.05, 4.69) is 70.7 Å². The van der Waals surface area contributed by atoms with Crippen molar-refractivity contribution in [1.82, 2.24) is 19.8 Å². The molecule has 3 aromatic rings. The van der Waals surface area contributed by atoms with E-state index < -0.39 is 0 Å². The Labute approximate surface area is 178 Å². The van der Waals surface area contributed by atoms with E-state index in [9.17, 15) is 4.79 Å². The monoisotopic (exact) mass is 402 g/mol. The van der Waals surface area contributed by atoms with Crippen molar-refractivity contribution in [3.05, 3.63) is 89.5 Å². The Balaban J connectivity index is 1.26. The van der Waals surface area contributed by atoms with Crippen LogP contribution < -0.4 is 5.32 Å². The number of hydrogen-bond acceptors (Lipinski definition) is 3. The van der Waals surface area contributed by atoms with Gasteiger partial charge in [0, 0.05) is 38.6 Å². The van der Waals surface area contributed by atoms with Crippen molar-refractivity contribution in [2.24, 2.45) is 5.92 Å². The molecule has 4 rings (SSSR count). The van der Waals surface area contributed by atoms with E-state index >= 15 is 0 Å². The fourth-order valence-electron chi connectivity index (χ4n) is 4.17. The highest BCUT2D eigenvalue weighted by molar-refractivity contribution is 5.79. The Hall–Kier alpha value is -2.92. The summed E-state index contributed by atoms with van der Waals surface area (Å²) in [7, 11) is 0. The number of benzene rings is 2. The number of aromatic nitrogens is 2. The molecule has 1 fully saturated rings. The zero-order valence-electron chi connectivity index (χ0n) is 17.6. The van der Waals surface area contributed by atoms with Crippen LogP contribution in [0.15, 0.2) is 67.3 Å². The summed E-state index contributed by atoms with van der Waals surface area (Å²) in [5.41, 5.74) is 4.97. The summed E-state index contributed by atoms with van der Waals surface area (Å²) in [6.07, 6.45) is 7.62. The molecule has 1 aliphatic rings. The molecule has 0 bridgehead atoms. The van der Waals surface area contributed by atoms with Gasteiger partial charge < -0.3 is 9.88 Å². The molecule has 0 radical (unpaired) electrons. The summed E-state index contributed by atoms with van der Waals surface area (Å²) in [4.78, 5) is 19.2. The standard InChI is InChI=1S/C25H30N4O/c1-20-4-2-5-23(14-20)17-28-12-3-6-24(18-28)25(30)27-15-21-7-9-22(10-8-21)16-29-13-11-26-19-29/h2,4-5,7-11,13-14,19,24H,3,6,12,15-18H2,1H3,(H,27,30). The van der Waals surface area contributed by atoms with E-state index in [4.69, 9.17) is 0 Å². The molecule has 5 nitrogen and oxygen atoms in total. The number of imidazole rings is 1. The predicted octanol–water partition coefficient (Wildman–Crippen LogP) is 3.77. The molecule has 0 saturated carbocycles. The number of nitrogens with one attached hydrogen (secondary N) is 1. The molecule has 1 unspecified atom stereocenters. The van der Waals surface area contributed by atoms with Gasteiger partial charge in [-0.15, -0.1) is 0 Å². The van der Waals surface area contributed by atoms with E-state index in [-0.39, 0.29) is 11.8 Å². The third-order valence-corrected chi connectivity index (χ3v) is 5.78. The van der Waals surface area contributed by atoms with Gasteiger partial charge in [0.2, 0.25) is 5.91 Å². The molecule has 1 atom stereocenters. The van der Waals surface area contributed by atoms with Crippen LogP contribution in [0, 0.1) is 12.8 Å². The topological polar surface area (TPSA) is 50.2 Å². The fourth-order valence-corrected chi connectivity index (χ4v) is 4.17. The van der Waals surface area contributed by atoms with E-state index in [0.29, 0.717) is 6.54 Å². The highest BCUT2D eigenvalue weighted by Crippen LogP contribution is 2.19. The zero-order chi connectivity index (χ0) is 20.8. The van der Waals surface area contributed by atoms with Crippen molar-refractivity contribution < 1.29 is 4.79 Å². The molecular formula is C25H30N4O. The lowest BCUT2D eigenvalue weighted by atomic mass is 9.96. The number of hydrogen-bond donors (Lipinski definition) is 1. The van der Waals surface area contributed by atoms with Gasteiger partial charge in [-0.05, 0) is 43.0 Å². The van der Waals surface area contributed by atoms with Gasteiger partial charge in [-0.25, -0.2) is 4.98 Å². The minimum atomic E-state index is 0.0732. The zero-order valence-corrected chi connectivity index (χ0v) is 17.6. The van der Waals surface area contributed by atoms with Gasteiger partial charge in [0.05, 0.1) is 12.2 Å². The van der Waals surface area contributed by atoms with Crippen molar-refractivity contribution in [2.45, 2.75) is 39.4 Å². The van der Waals surface area contributed by atoms with Crippen molar-refractivity contribution in [1.29, 1.82) is 0 Å². The lowest BCUT2D eigenvalue weighted by molar-refractivity contribution is -0.126. The molecule has 0 spiro atoms. The van der Waals surface area contributed by atoms with Crippen LogP contribution in [0.1, 0.15) is 35.1 Å². The lowest BCUT2D eigenvalue weighted by Crippen LogP contribution is -2.42. The second-order valence-corrected chi connectivity index (χ2v) is 8.33. The summed E-state index contributed by atoms with van der Waals surface area (Å²) in [6, 6.07) is 17.1. The van der Waals surface area contributed by atoms with Crippen LogP contribution >= 0.6 is 0 Å². The molecule has 1 N–H and O–H groups in total. The largest absolute Gasteiger partial charge is 0.352 e. The SMILES string of the molecule is Cc1cccc(CN2CCCC(C(=O)NCc3ccc(Cn4ccnc4)cc3)C2)c1. The number of rotatable bonds is 7. The molecule has 1 saturated heterocycles. The van der Waals surface area contributed by atoms with Gasteiger partial charge in [-0.3, -0.25) is 9.69 Å². The Morgan fingerprint density at radius 2 is 1.93 bits per heavy atom. The number of piperidine rings is 1. The molecule has 1 amide bonds. The maximum absolute atomic E-state index is 12.8. The molecule has 1 aliphatic heterocycles. The van der Waals surface area contributed by atoms with Gasteiger partial charge in [-0.2, -0.15) is 0 Å². The second-order valence-electron chi connectivity index (χ2n) is 8.33. The second kappa shape index (κ2) is 9.72. The van der Waals surface area contributed by atoms with Crippen LogP contribution in [0.4, 0.5) is 0 Å². The molecular weight excluding hydrogens is 372 g/mol. The van der Waals surface area contributed by atoms with Gasteiger partial charge in [-0.1, -0.05) is 54.1 Å². The molecule has 156 valence electrons. The number of aryl methyl sites for hydroxylation is 1. The first-order valence-corrected chi connectivity index (χ1v) is 10.7. The quantitative estimate of drug-likeness (QED) is 0.655. The van der Waals surface area contributed by atoms with Crippen LogP contribution in [-0.2, 0) is 24.4 Å². The van der Waals surface area contributed by atoms with E-state index in [1.807, 2.05) is 17.1 Å². The number of carbonyl (C=O) groups is 1. The number of nitrogens with zero attached hydrogens (tertiary/aromatic N) is 3. The average molecular weight is 403 g/mol. The first kappa shape index (κ1) is 20.4. The van der Waals surface area contributed by atoms with E-state index in [1.54, 1.807) is 6.20 Å². The Bertz CT molecular complexity index is 950. The van der Waals surface area contributed by atoms with Crippen LogP contribution in [0.3, 0.4) is 0 Å². The highest BCUT2D eigenvalue weighted by atomic mass is 16.1. The molecule has 2 aromatic carbocycles. The van der Waals surface area contributed by atoms with Gasteiger partial charge >= 0.3 is 0 Å². The number of carbonyl (C=O) groups excluding carboxylic acids is 1. The Morgan fingerprint density at radius 3 is 2.70 bits per heavy atom. The summed E-state index contributed by atoms with van der Waals surface area (Å²) < 4.78 is 2.04. The third kappa shape index (κ3) is 5.57. The van der Waals surface area contributed by atoms with Crippen molar-refractivity contribution in [3.8, 4) is 0 Å². The Kier molecular flexibility index (Phi) is 6.60.